The van der Waals surface area contributed by atoms with Crippen LogP contribution in [0.5, 0.6) is 0 Å². The van der Waals surface area contributed by atoms with Gasteiger partial charge >= 0.3 is 0 Å². The van der Waals surface area contributed by atoms with E-state index in [4.69, 9.17) is 28.5 Å². The van der Waals surface area contributed by atoms with Crippen molar-refractivity contribution < 1.29 is 0 Å². The van der Waals surface area contributed by atoms with Crippen LogP contribution in [0.3, 0.4) is 0 Å². The van der Waals surface area contributed by atoms with E-state index in [0.717, 1.165) is 5.56 Å². The zero-order valence-corrected chi connectivity index (χ0v) is 9.47. The van der Waals surface area contributed by atoms with Crippen molar-refractivity contribution in [1.82, 2.24) is 4.90 Å². The van der Waals surface area contributed by atoms with Gasteiger partial charge in [-0.1, -0.05) is 29.3 Å². The maximum atomic E-state index is 8.96. The minimum atomic E-state index is -0.334. The van der Waals surface area contributed by atoms with Gasteiger partial charge in [0.1, 0.15) is 6.04 Å². The third-order valence-corrected chi connectivity index (χ3v) is 2.46. The van der Waals surface area contributed by atoms with E-state index in [9.17, 15) is 0 Å². The third-order valence-electron chi connectivity index (χ3n) is 1.90. The summed E-state index contributed by atoms with van der Waals surface area (Å²) in [4.78, 5) is 1.80. The number of nitrogens with zero attached hydrogens (tertiary/aromatic N) is 2. The Kier molecular flexibility index (Phi) is 3.77. The maximum absolute atomic E-state index is 8.96. The summed E-state index contributed by atoms with van der Waals surface area (Å²) in [7, 11) is 3.66. The number of rotatable bonds is 2. The molecule has 0 aromatic heterocycles. The Morgan fingerprint density at radius 1 is 1.36 bits per heavy atom. The molecule has 74 valence electrons. The molecule has 1 unspecified atom stereocenters. The van der Waals surface area contributed by atoms with Crippen LogP contribution in [0.25, 0.3) is 0 Å². The van der Waals surface area contributed by atoms with Crippen LogP contribution in [0.4, 0.5) is 0 Å². The summed E-state index contributed by atoms with van der Waals surface area (Å²) in [6, 6.07) is 7.00. The van der Waals surface area contributed by atoms with Gasteiger partial charge < -0.3 is 0 Å². The molecule has 0 aliphatic heterocycles. The van der Waals surface area contributed by atoms with E-state index in [0.29, 0.717) is 10.0 Å². The predicted octanol–water partition coefficient (Wildman–Crippen LogP) is 3.12. The van der Waals surface area contributed by atoms with Crippen molar-refractivity contribution in [1.29, 1.82) is 5.26 Å². The molecule has 0 aliphatic rings. The highest BCUT2D eigenvalue weighted by atomic mass is 35.5. The fraction of sp³-hybridized carbons (Fsp3) is 0.300. The lowest BCUT2D eigenvalue weighted by molar-refractivity contribution is 0.358. The van der Waals surface area contributed by atoms with E-state index >= 15 is 0 Å². The average molecular weight is 229 g/mol. The minimum Gasteiger partial charge on any atom is -0.290 e. The molecule has 0 bridgehead atoms. The summed E-state index contributed by atoms with van der Waals surface area (Å²) >= 11 is 11.7. The van der Waals surface area contributed by atoms with Gasteiger partial charge in [0.25, 0.3) is 0 Å². The van der Waals surface area contributed by atoms with Crippen molar-refractivity contribution in [3.8, 4) is 6.07 Å². The number of hydrogen-bond acceptors (Lipinski definition) is 2. The molecule has 14 heavy (non-hydrogen) atoms. The fourth-order valence-corrected chi connectivity index (χ4v) is 1.70. The SMILES string of the molecule is CN(C)C(C#N)c1ccc(Cl)cc1Cl. The number of halogens is 2. The van der Waals surface area contributed by atoms with Gasteiger partial charge in [0, 0.05) is 15.6 Å². The second-order valence-corrected chi connectivity index (χ2v) is 4.00. The van der Waals surface area contributed by atoms with Crippen LogP contribution < -0.4 is 0 Å². The van der Waals surface area contributed by atoms with Gasteiger partial charge in [0.2, 0.25) is 0 Å². The van der Waals surface area contributed by atoms with E-state index in [1.54, 1.807) is 23.1 Å². The Bertz CT molecular complexity index is 369. The average Bonchev–Trinajstić information content (AvgIpc) is 2.09. The first-order valence-corrected chi connectivity index (χ1v) is 4.83. The van der Waals surface area contributed by atoms with Crippen molar-refractivity contribution in [3.05, 3.63) is 33.8 Å². The summed E-state index contributed by atoms with van der Waals surface area (Å²) in [5, 5.41) is 10.1. The summed E-state index contributed by atoms with van der Waals surface area (Å²) in [6.07, 6.45) is 0. The Morgan fingerprint density at radius 3 is 2.43 bits per heavy atom. The van der Waals surface area contributed by atoms with E-state index in [1.807, 2.05) is 14.1 Å². The molecular weight excluding hydrogens is 219 g/mol. The van der Waals surface area contributed by atoms with Crippen molar-refractivity contribution >= 4 is 23.2 Å². The molecule has 0 saturated heterocycles. The largest absolute Gasteiger partial charge is 0.290 e. The molecule has 0 radical (unpaired) electrons. The van der Waals surface area contributed by atoms with Crippen LogP contribution in [-0.2, 0) is 0 Å². The highest BCUT2D eigenvalue weighted by Crippen LogP contribution is 2.28. The number of hydrogen-bond donors (Lipinski definition) is 0. The molecule has 0 aliphatic carbocycles. The molecule has 1 aromatic carbocycles. The Balaban J connectivity index is 3.13. The first kappa shape index (κ1) is 11.3. The van der Waals surface area contributed by atoms with Gasteiger partial charge in [-0.25, -0.2) is 0 Å². The van der Waals surface area contributed by atoms with Crippen LogP contribution >= 0.6 is 23.2 Å². The second kappa shape index (κ2) is 4.65. The highest BCUT2D eigenvalue weighted by molar-refractivity contribution is 6.35. The molecule has 0 saturated carbocycles. The third kappa shape index (κ3) is 2.39. The van der Waals surface area contributed by atoms with Gasteiger partial charge in [-0.3, -0.25) is 4.90 Å². The van der Waals surface area contributed by atoms with Gasteiger partial charge in [0.05, 0.1) is 6.07 Å². The summed E-state index contributed by atoms with van der Waals surface area (Å²) in [5.74, 6) is 0. The lowest BCUT2D eigenvalue weighted by Gasteiger charge is -2.18. The number of nitriles is 1. The molecule has 4 heteroatoms. The van der Waals surface area contributed by atoms with Crippen LogP contribution in [0.15, 0.2) is 18.2 Å². The van der Waals surface area contributed by atoms with Crippen LogP contribution in [-0.4, -0.2) is 19.0 Å². The van der Waals surface area contributed by atoms with E-state index in [-0.39, 0.29) is 6.04 Å². The maximum Gasteiger partial charge on any atom is 0.124 e. The number of benzene rings is 1. The summed E-state index contributed by atoms with van der Waals surface area (Å²) < 4.78 is 0. The Hall–Kier alpha value is -0.750. The molecule has 0 fully saturated rings. The standard InChI is InChI=1S/C10H10Cl2N2/c1-14(2)10(6-13)8-4-3-7(11)5-9(8)12/h3-5,10H,1-2H3. The zero-order valence-electron chi connectivity index (χ0n) is 7.96. The van der Waals surface area contributed by atoms with Crippen molar-refractivity contribution in [2.75, 3.05) is 14.1 Å². The first-order chi connectivity index (χ1) is 6.56. The molecule has 0 N–H and O–H groups in total. The molecule has 2 nitrogen and oxygen atoms in total. The van der Waals surface area contributed by atoms with Crippen molar-refractivity contribution in [3.63, 3.8) is 0 Å². The molecular formula is C10H10Cl2N2. The van der Waals surface area contributed by atoms with E-state index < -0.39 is 0 Å². The topological polar surface area (TPSA) is 27.0 Å². The molecule has 1 aromatic rings. The summed E-state index contributed by atoms with van der Waals surface area (Å²) in [5.41, 5.74) is 0.781. The second-order valence-electron chi connectivity index (χ2n) is 3.16. The van der Waals surface area contributed by atoms with Crippen LogP contribution in [0.1, 0.15) is 11.6 Å². The molecule has 1 rings (SSSR count). The van der Waals surface area contributed by atoms with Crippen LogP contribution in [0, 0.1) is 11.3 Å². The fourth-order valence-electron chi connectivity index (χ4n) is 1.19. The predicted molar refractivity (Wildman–Crippen MR) is 58.5 cm³/mol. The van der Waals surface area contributed by atoms with Gasteiger partial charge in [0.15, 0.2) is 0 Å². The first-order valence-electron chi connectivity index (χ1n) is 4.07. The Morgan fingerprint density at radius 2 is 2.00 bits per heavy atom. The monoisotopic (exact) mass is 228 g/mol. The molecule has 0 amide bonds. The van der Waals surface area contributed by atoms with E-state index in [2.05, 4.69) is 6.07 Å². The van der Waals surface area contributed by atoms with E-state index in [1.165, 1.54) is 0 Å². The van der Waals surface area contributed by atoms with Gasteiger partial charge in [-0.2, -0.15) is 5.26 Å². The molecule has 0 spiro atoms. The van der Waals surface area contributed by atoms with Gasteiger partial charge in [-0.05, 0) is 26.2 Å². The molecule has 0 heterocycles. The van der Waals surface area contributed by atoms with Gasteiger partial charge in [-0.15, -0.1) is 0 Å². The van der Waals surface area contributed by atoms with Crippen LogP contribution in [0.2, 0.25) is 10.0 Å². The Labute approximate surface area is 93.7 Å². The minimum absolute atomic E-state index is 0.334. The van der Waals surface area contributed by atoms with Crippen molar-refractivity contribution in [2.45, 2.75) is 6.04 Å². The quantitative estimate of drug-likeness (QED) is 0.778. The highest BCUT2D eigenvalue weighted by Gasteiger charge is 2.15. The normalized spacial score (nSPS) is 12.6. The van der Waals surface area contributed by atoms with Crippen molar-refractivity contribution in [2.24, 2.45) is 0 Å². The zero-order chi connectivity index (χ0) is 10.7. The lowest BCUT2D eigenvalue weighted by Crippen LogP contribution is -2.18. The summed E-state index contributed by atoms with van der Waals surface area (Å²) in [6.45, 7) is 0. The molecule has 1 atom stereocenters. The lowest BCUT2D eigenvalue weighted by atomic mass is 10.1. The smallest absolute Gasteiger partial charge is 0.124 e.